The van der Waals surface area contributed by atoms with Crippen molar-refractivity contribution < 1.29 is 14.4 Å². The van der Waals surface area contributed by atoms with E-state index in [1.807, 2.05) is 36.4 Å². The highest BCUT2D eigenvalue weighted by Gasteiger charge is 2.47. The normalized spacial score (nSPS) is 24.6. The first-order valence-corrected chi connectivity index (χ1v) is 7.36. The molecule has 0 radical (unpaired) electrons. The molecule has 22 heavy (non-hydrogen) atoms. The van der Waals surface area contributed by atoms with Crippen LogP contribution in [0, 0.1) is 11.8 Å². The fourth-order valence-corrected chi connectivity index (χ4v) is 3.08. The standard InChI is InChI=1S/C18H17NO3/c1-19-17(21)14-9-8-13(11-15(14)18(19)22)16(20)10-7-12-5-3-2-4-6-12/h2-8,10,14-15H,9,11H2,1H3/b10-7+/t14-,15+/m0/s1. The Kier molecular flexibility index (Phi) is 3.75. The fraction of sp³-hybridized carbons (Fsp3) is 0.278. The van der Waals surface area contributed by atoms with Gasteiger partial charge in [0.1, 0.15) is 0 Å². The lowest BCUT2D eigenvalue weighted by atomic mass is 9.80. The lowest BCUT2D eigenvalue weighted by molar-refractivity contribution is -0.138. The molecule has 4 heteroatoms. The summed E-state index contributed by atoms with van der Waals surface area (Å²) in [6, 6.07) is 9.58. The second-order valence-electron chi connectivity index (χ2n) is 5.73. The van der Waals surface area contributed by atoms with Crippen LogP contribution in [-0.4, -0.2) is 29.5 Å². The summed E-state index contributed by atoms with van der Waals surface area (Å²) in [6.07, 6.45) is 5.94. The number of ketones is 1. The van der Waals surface area contributed by atoms with Crippen LogP contribution in [0.5, 0.6) is 0 Å². The zero-order chi connectivity index (χ0) is 15.7. The van der Waals surface area contributed by atoms with E-state index in [4.69, 9.17) is 0 Å². The van der Waals surface area contributed by atoms with E-state index in [2.05, 4.69) is 0 Å². The monoisotopic (exact) mass is 295 g/mol. The Labute approximate surface area is 129 Å². The quantitative estimate of drug-likeness (QED) is 0.634. The molecule has 0 spiro atoms. The summed E-state index contributed by atoms with van der Waals surface area (Å²) in [5.41, 5.74) is 1.59. The highest BCUT2D eigenvalue weighted by Crippen LogP contribution is 2.37. The Hall–Kier alpha value is -2.49. The van der Waals surface area contributed by atoms with Gasteiger partial charge in [-0.25, -0.2) is 0 Å². The fourth-order valence-electron chi connectivity index (χ4n) is 3.08. The van der Waals surface area contributed by atoms with E-state index in [9.17, 15) is 14.4 Å². The van der Waals surface area contributed by atoms with E-state index in [0.717, 1.165) is 5.56 Å². The molecule has 1 heterocycles. The molecule has 0 aromatic heterocycles. The summed E-state index contributed by atoms with van der Waals surface area (Å²) in [6.45, 7) is 0. The number of rotatable bonds is 3. The van der Waals surface area contributed by atoms with Gasteiger partial charge in [-0.3, -0.25) is 19.3 Å². The van der Waals surface area contributed by atoms with Crippen molar-refractivity contribution in [2.24, 2.45) is 11.8 Å². The molecule has 112 valence electrons. The lowest BCUT2D eigenvalue weighted by Crippen LogP contribution is -2.26. The molecule has 1 aliphatic heterocycles. The molecule has 2 amide bonds. The third kappa shape index (κ3) is 2.52. The lowest BCUT2D eigenvalue weighted by Gasteiger charge is -2.20. The summed E-state index contributed by atoms with van der Waals surface area (Å²) in [7, 11) is 1.51. The molecule has 2 aliphatic rings. The summed E-state index contributed by atoms with van der Waals surface area (Å²) in [5, 5.41) is 0. The van der Waals surface area contributed by atoms with Crippen LogP contribution in [0.4, 0.5) is 0 Å². The van der Waals surface area contributed by atoms with Gasteiger partial charge < -0.3 is 0 Å². The van der Waals surface area contributed by atoms with Crippen molar-refractivity contribution >= 4 is 23.7 Å². The SMILES string of the molecule is CN1C(=O)[C@H]2CC=C(C(=O)/C=C/c3ccccc3)C[C@H]2C1=O. The molecule has 2 atom stereocenters. The predicted octanol–water partition coefficient (Wildman–Crippen LogP) is 2.22. The number of hydrogen-bond acceptors (Lipinski definition) is 3. The molecule has 1 saturated heterocycles. The Morgan fingerprint density at radius 3 is 2.55 bits per heavy atom. The topological polar surface area (TPSA) is 54.5 Å². The maximum atomic E-state index is 12.3. The number of amides is 2. The zero-order valence-corrected chi connectivity index (χ0v) is 12.4. The van der Waals surface area contributed by atoms with Gasteiger partial charge in [0, 0.05) is 7.05 Å². The number of fused-ring (bicyclic) bond motifs is 1. The van der Waals surface area contributed by atoms with Gasteiger partial charge in [-0.1, -0.05) is 42.5 Å². The van der Waals surface area contributed by atoms with Crippen LogP contribution in [-0.2, 0) is 14.4 Å². The average Bonchev–Trinajstić information content (AvgIpc) is 2.78. The molecular formula is C18H17NO3. The van der Waals surface area contributed by atoms with E-state index in [1.54, 1.807) is 6.08 Å². The highest BCUT2D eigenvalue weighted by molar-refractivity contribution is 6.09. The summed E-state index contributed by atoms with van der Waals surface area (Å²) in [5.74, 6) is -1.03. The van der Waals surface area contributed by atoms with E-state index in [-0.39, 0.29) is 29.4 Å². The minimum absolute atomic E-state index is 0.0860. The summed E-state index contributed by atoms with van der Waals surface area (Å²) >= 11 is 0. The molecule has 3 rings (SSSR count). The van der Waals surface area contributed by atoms with Crippen LogP contribution in [0.15, 0.2) is 48.1 Å². The molecule has 0 N–H and O–H groups in total. The molecule has 1 aromatic carbocycles. The van der Waals surface area contributed by atoms with Crippen molar-refractivity contribution in [1.29, 1.82) is 0 Å². The van der Waals surface area contributed by atoms with Crippen molar-refractivity contribution in [2.75, 3.05) is 7.05 Å². The van der Waals surface area contributed by atoms with Crippen LogP contribution < -0.4 is 0 Å². The van der Waals surface area contributed by atoms with Gasteiger partial charge in [-0.15, -0.1) is 0 Å². The number of carbonyl (C=O) groups excluding carboxylic acids is 3. The molecule has 4 nitrogen and oxygen atoms in total. The van der Waals surface area contributed by atoms with Crippen molar-refractivity contribution in [3.05, 3.63) is 53.6 Å². The maximum Gasteiger partial charge on any atom is 0.233 e. The largest absolute Gasteiger partial charge is 0.290 e. The maximum absolute atomic E-state index is 12.3. The number of likely N-dealkylation sites (tertiary alicyclic amines) is 1. The van der Waals surface area contributed by atoms with Gasteiger partial charge in [0.15, 0.2) is 5.78 Å². The molecule has 1 aromatic rings. The molecular weight excluding hydrogens is 278 g/mol. The summed E-state index contributed by atoms with van der Waals surface area (Å²) in [4.78, 5) is 37.4. The number of hydrogen-bond donors (Lipinski definition) is 0. The number of imide groups is 1. The second kappa shape index (κ2) is 5.72. The van der Waals surface area contributed by atoms with Crippen molar-refractivity contribution in [1.82, 2.24) is 4.90 Å². The van der Waals surface area contributed by atoms with E-state index in [1.165, 1.54) is 18.0 Å². The zero-order valence-electron chi connectivity index (χ0n) is 12.4. The van der Waals surface area contributed by atoms with Crippen molar-refractivity contribution in [3.63, 3.8) is 0 Å². The Morgan fingerprint density at radius 2 is 1.82 bits per heavy atom. The van der Waals surface area contributed by atoms with Gasteiger partial charge in [0.25, 0.3) is 0 Å². The van der Waals surface area contributed by atoms with Crippen LogP contribution in [0.1, 0.15) is 18.4 Å². The number of benzene rings is 1. The third-order valence-electron chi connectivity index (χ3n) is 4.38. The van der Waals surface area contributed by atoms with E-state index in [0.29, 0.717) is 18.4 Å². The molecule has 1 fully saturated rings. The molecule has 0 bridgehead atoms. The minimum atomic E-state index is -0.369. The van der Waals surface area contributed by atoms with Gasteiger partial charge in [0.2, 0.25) is 11.8 Å². The van der Waals surface area contributed by atoms with Crippen molar-refractivity contribution in [3.8, 4) is 0 Å². The van der Waals surface area contributed by atoms with Crippen LogP contribution >= 0.6 is 0 Å². The minimum Gasteiger partial charge on any atom is -0.290 e. The van der Waals surface area contributed by atoms with Gasteiger partial charge in [-0.05, 0) is 30.1 Å². The first-order valence-electron chi connectivity index (χ1n) is 7.36. The molecule has 0 saturated carbocycles. The third-order valence-corrected chi connectivity index (χ3v) is 4.38. The predicted molar refractivity (Wildman–Crippen MR) is 82.6 cm³/mol. The van der Waals surface area contributed by atoms with Crippen molar-refractivity contribution in [2.45, 2.75) is 12.8 Å². The van der Waals surface area contributed by atoms with E-state index < -0.39 is 0 Å². The summed E-state index contributed by atoms with van der Waals surface area (Å²) < 4.78 is 0. The number of allylic oxidation sites excluding steroid dienone is 3. The Balaban J connectivity index is 1.73. The second-order valence-corrected chi connectivity index (χ2v) is 5.73. The van der Waals surface area contributed by atoms with E-state index >= 15 is 0 Å². The smallest absolute Gasteiger partial charge is 0.233 e. The van der Waals surface area contributed by atoms with Crippen LogP contribution in [0.2, 0.25) is 0 Å². The van der Waals surface area contributed by atoms with Crippen LogP contribution in [0.25, 0.3) is 6.08 Å². The van der Waals surface area contributed by atoms with Crippen LogP contribution in [0.3, 0.4) is 0 Å². The van der Waals surface area contributed by atoms with Gasteiger partial charge in [-0.2, -0.15) is 0 Å². The van der Waals surface area contributed by atoms with Gasteiger partial charge in [0.05, 0.1) is 11.8 Å². The molecule has 0 unspecified atom stereocenters. The van der Waals surface area contributed by atoms with Gasteiger partial charge >= 0.3 is 0 Å². The Bertz CT molecular complexity index is 688. The highest BCUT2D eigenvalue weighted by atomic mass is 16.2. The Morgan fingerprint density at radius 1 is 1.14 bits per heavy atom. The number of nitrogens with zero attached hydrogens (tertiary/aromatic N) is 1. The first kappa shape index (κ1) is 14.4. The average molecular weight is 295 g/mol. The number of carbonyl (C=O) groups is 3. The first-order chi connectivity index (χ1) is 10.6. The molecule has 1 aliphatic carbocycles.